The number of hydrogen-bond acceptors (Lipinski definition) is 6. The first-order valence-electron chi connectivity index (χ1n) is 10.8. The minimum absolute atomic E-state index is 0.281. The van der Waals surface area contributed by atoms with E-state index in [1.165, 1.54) is 0 Å². The summed E-state index contributed by atoms with van der Waals surface area (Å²) in [7, 11) is -0.577. The first-order chi connectivity index (χ1) is 15.0. The minimum atomic E-state index is -0.687. The van der Waals surface area contributed by atoms with E-state index in [2.05, 4.69) is 5.32 Å². The average Bonchev–Trinajstić information content (AvgIpc) is 3.37. The lowest BCUT2D eigenvalue weighted by atomic mass is 9.78. The van der Waals surface area contributed by atoms with Gasteiger partial charge < -0.3 is 19.4 Å². The molecule has 1 unspecified atom stereocenters. The van der Waals surface area contributed by atoms with Gasteiger partial charge in [-0.1, -0.05) is 35.9 Å². The number of ether oxygens (including phenoxy) is 1. The van der Waals surface area contributed by atoms with Crippen LogP contribution >= 0.6 is 11.6 Å². The van der Waals surface area contributed by atoms with E-state index in [1.54, 1.807) is 30.3 Å². The first-order valence-corrected chi connectivity index (χ1v) is 11.2. The van der Waals surface area contributed by atoms with E-state index in [-0.39, 0.29) is 10.8 Å². The van der Waals surface area contributed by atoms with Crippen LogP contribution in [0.5, 0.6) is 0 Å². The zero-order valence-corrected chi connectivity index (χ0v) is 19.3. The summed E-state index contributed by atoms with van der Waals surface area (Å²) in [6, 6.07) is 10.5. The van der Waals surface area contributed by atoms with Crippen LogP contribution in [0.4, 0.5) is 0 Å². The summed E-state index contributed by atoms with van der Waals surface area (Å²) < 4.78 is 17.9. The number of hydrogen-bond donors (Lipinski definition) is 1. The number of carbonyl (C=O) groups is 2. The summed E-state index contributed by atoms with van der Waals surface area (Å²) >= 11 is 6.54. The molecule has 2 saturated heterocycles. The maximum atomic E-state index is 13.4. The third-order valence-corrected chi connectivity index (χ3v) is 7.48. The van der Waals surface area contributed by atoms with E-state index in [0.717, 1.165) is 17.6 Å². The van der Waals surface area contributed by atoms with Crippen LogP contribution in [0.2, 0.25) is 5.02 Å². The smallest absolute Gasteiger partial charge is 0.449 e. The van der Waals surface area contributed by atoms with Crippen molar-refractivity contribution in [1.29, 1.82) is 0 Å². The molecule has 0 saturated carbocycles. The van der Waals surface area contributed by atoms with Gasteiger partial charge in [-0.25, -0.2) is 4.79 Å². The van der Waals surface area contributed by atoms with Gasteiger partial charge in [0.2, 0.25) is 0 Å². The summed E-state index contributed by atoms with van der Waals surface area (Å²) in [5.74, 6) is -0.773. The second-order valence-electron chi connectivity index (χ2n) is 9.70. The Hall–Kier alpha value is -2.19. The minimum Gasteiger partial charge on any atom is -0.449 e. The van der Waals surface area contributed by atoms with Crippen molar-refractivity contribution in [3.05, 3.63) is 63.7 Å². The molecule has 3 aliphatic heterocycles. The molecule has 0 bridgehead atoms. The van der Waals surface area contributed by atoms with Crippen molar-refractivity contribution >= 4 is 35.9 Å². The maximum absolute atomic E-state index is 13.4. The van der Waals surface area contributed by atoms with Gasteiger partial charge in [0.25, 0.3) is 0 Å². The highest BCUT2D eigenvalue weighted by Crippen LogP contribution is 2.42. The molecular weight excluding hydrogens is 429 g/mol. The fourth-order valence-electron chi connectivity index (χ4n) is 4.60. The van der Waals surface area contributed by atoms with Crippen LogP contribution < -0.4 is 10.8 Å². The van der Waals surface area contributed by atoms with Crippen molar-refractivity contribution in [2.75, 3.05) is 13.1 Å². The highest BCUT2D eigenvalue weighted by Gasteiger charge is 2.52. The quantitative estimate of drug-likeness (QED) is 0.437. The van der Waals surface area contributed by atoms with Gasteiger partial charge in [-0.2, -0.15) is 0 Å². The topological polar surface area (TPSA) is 73.9 Å². The number of fused-ring (bicyclic) bond motifs is 2. The highest BCUT2D eigenvalue weighted by atomic mass is 35.5. The number of esters is 1. The van der Waals surface area contributed by atoms with Gasteiger partial charge in [0.1, 0.15) is 0 Å². The van der Waals surface area contributed by atoms with E-state index in [9.17, 15) is 9.59 Å². The zero-order valence-electron chi connectivity index (χ0n) is 18.6. The Morgan fingerprint density at radius 1 is 1.06 bits per heavy atom. The lowest BCUT2D eigenvalue weighted by molar-refractivity contribution is 0.00158. The van der Waals surface area contributed by atoms with Gasteiger partial charge in [0, 0.05) is 29.7 Å². The van der Waals surface area contributed by atoms with Crippen LogP contribution in [0.15, 0.2) is 36.4 Å². The van der Waals surface area contributed by atoms with E-state index in [0.29, 0.717) is 29.7 Å². The molecule has 1 N–H and O–H groups in total. The van der Waals surface area contributed by atoms with Crippen LogP contribution in [-0.4, -0.2) is 43.2 Å². The van der Waals surface area contributed by atoms with Crippen molar-refractivity contribution < 1.29 is 23.6 Å². The van der Waals surface area contributed by atoms with Gasteiger partial charge in [0.15, 0.2) is 11.4 Å². The van der Waals surface area contributed by atoms with Crippen molar-refractivity contribution in [1.82, 2.24) is 5.32 Å². The Labute approximate surface area is 192 Å². The van der Waals surface area contributed by atoms with Crippen LogP contribution in [0, 0.1) is 0 Å². The van der Waals surface area contributed by atoms with Gasteiger partial charge in [-0.15, -0.1) is 0 Å². The summed E-state index contributed by atoms with van der Waals surface area (Å²) in [5.41, 5.74) is 0.825. The molecule has 5 rings (SSSR count). The number of ketones is 1. The molecule has 2 fully saturated rings. The normalized spacial score (nSPS) is 25.3. The van der Waals surface area contributed by atoms with Gasteiger partial charge >= 0.3 is 13.1 Å². The van der Waals surface area contributed by atoms with Crippen LogP contribution in [-0.2, 0) is 19.6 Å². The molecule has 3 aliphatic rings. The Morgan fingerprint density at radius 2 is 1.78 bits per heavy atom. The molecule has 6 nitrogen and oxygen atoms in total. The summed E-state index contributed by atoms with van der Waals surface area (Å²) in [5, 5.41) is 3.52. The molecule has 0 radical (unpaired) electrons. The van der Waals surface area contributed by atoms with E-state index in [4.69, 9.17) is 25.6 Å². The van der Waals surface area contributed by atoms with Crippen molar-refractivity contribution in [2.24, 2.45) is 0 Å². The summed E-state index contributed by atoms with van der Waals surface area (Å²) in [6.45, 7) is 9.23. The Kier molecular flexibility index (Phi) is 4.84. The molecule has 0 aromatic heterocycles. The van der Waals surface area contributed by atoms with Crippen LogP contribution in [0.25, 0.3) is 0 Å². The predicted octanol–water partition coefficient (Wildman–Crippen LogP) is 3.23. The van der Waals surface area contributed by atoms with Crippen LogP contribution in [0.3, 0.4) is 0 Å². The number of halogens is 1. The van der Waals surface area contributed by atoms with Gasteiger partial charge in [-0.05, 0) is 51.8 Å². The molecule has 0 amide bonds. The fourth-order valence-corrected chi connectivity index (χ4v) is 4.87. The standard InChI is InChI=1S/C24H25BClNO5/c1-22(2)23(3,4)32-25(31-22)14-8-9-15(18(26)12-14)20(28)16-6-5-7-17-19(16)21(29)30-24(17)10-11-27-13-24/h5-9,12,27H,10-11,13H2,1-4H3. The van der Waals surface area contributed by atoms with Gasteiger partial charge in [0.05, 0.1) is 21.8 Å². The fraction of sp³-hybridized carbons (Fsp3) is 0.417. The monoisotopic (exact) mass is 453 g/mol. The molecule has 1 atom stereocenters. The largest absolute Gasteiger partial charge is 0.494 e. The Balaban J connectivity index is 1.48. The molecule has 1 spiro atoms. The van der Waals surface area contributed by atoms with Crippen LogP contribution in [0.1, 0.15) is 66.0 Å². The van der Waals surface area contributed by atoms with Crippen molar-refractivity contribution in [3.63, 3.8) is 0 Å². The molecule has 3 heterocycles. The SMILES string of the molecule is CC1(C)OB(c2ccc(C(=O)c3cccc4c3C(=O)OC43CCNC3)c(Cl)c2)OC1(C)C. The number of benzene rings is 2. The number of nitrogens with one attached hydrogen (secondary N) is 1. The molecule has 32 heavy (non-hydrogen) atoms. The highest BCUT2D eigenvalue weighted by molar-refractivity contribution is 6.62. The third kappa shape index (κ3) is 3.14. The third-order valence-electron chi connectivity index (χ3n) is 7.17. The Morgan fingerprint density at radius 3 is 2.41 bits per heavy atom. The maximum Gasteiger partial charge on any atom is 0.494 e. The molecule has 0 aliphatic carbocycles. The second-order valence-corrected chi connectivity index (χ2v) is 10.1. The summed E-state index contributed by atoms with van der Waals surface area (Å²) in [4.78, 5) is 26.2. The van der Waals surface area contributed by atoms with Gasteiger partial charge in [-0.3, -0.25) is 4.79 Å². The molecule has 8 heteroatoms. The van der Waals surface area contributed by atoms with E-state index < -0.39 is 29.9 Å². The van der Waals surface area contributed by atoms with Crippen molar-refractivity contribution in [2.45, 2.75) is 50.9 Å². The zero-order chi connectivity index (χ0) is 22.9. The number of carbonyl (C=O) groups excluding carboxylic acids is 2. The lowest BCUT2D eigenvalue weighted by Gasteiger charge is -2.32. The predicted molar refractivity (Wildman–Crippen MR) is 122 cm³/mol. The van der Waals surface area contributed by atoms with E-state index in [1.807, 2.05) is 33.8 Å². The number of rotatable bonds is 3. The summed E-state index contributed by atoms with van der Waals surface area (Å²) in [6.07, 6.45) is 0.687. The molecule has 2 aromatic carbocycles. The second kappa shape index (κ2) is 7.16. The van der Waals surface area contributed by atoms with Crippen molar-refractivity contribution in [3.8, 4) is 0 Å². The lowest BCUT2D eigenvalue weighted by Crippen LogP contribution is -2.41. The van der Waals surface area contributed by atoms with E-state index >= 15 is 0 Å². The Bertz CT molecular complexity index is 1120. The molecule has 2 aromatic rings. The first kappa shape index (κ1) is 21.6. The average molecular weight is 454 g/mol. The molecule has 166 valence electrons. The molecular formula is C24H25BClNO5.